The van der Waals surface area contributed by atoms with Crippen molar-refractivity contribution in [2.45, 2.75) is 154 Å². The summed E-state index contributed by atoms with van der Waals surface area (Å²) in [5.74, 6) is -2.12. The molecule has 0 saturated carbocycles. The van der Waals surface area contributed by atoms with Crippen LogP contribution in [0.5, 0.6) is 0 Å². The second-order valence-corrected chi connectivity index (χ2v) is 12.8. The van der Waals surface area contributed by atoms with E-state index >= 15 is 0 Å². The van der Waals surface area contributed by atoms with Crippen molar-refractivity contribution in [2.75, 3.05) is 39.6 Å². The third-order valence-corrected chi connectivity index (χ3v) is 8.30. The van der Waals surface area contributed by atoms with Crippen molar-refractivity contribution >= 4 is 81.2 Å². The molecule has 0 bridgehead atoms. The standard InChI is InChI=1S/C32H62O9S.2Na.2H/c1-3-5-7-9-11-13-15-17-19-21-23-38-25-27-40-31(33)29-30(42(35,36)37)32(34)41-28-26-39-24-22-20-18-16-14-12-10-8-6-4-2;;;;/h30H,3-29H2,1-2H3,(H,35,36,37);;;;. The first-order chi connectivity index (χ1) is 20.3. The van der Waals surface area contributed by atoms with E-state index in [2.05, 4.69) is 13.8 Å². The number of esters is 2. The van der Waals surface area contributed by atoms with E-state index in [1.807, 2.05) is 0 Å². The third kappa shape index (κ3) is 34.1. The van der Waals surface area contributed by atoms with Gasteiger partial charge in [0.2, 0.25) is 0 Å². The topological polar surface area (TPSA) is 125 Å². The summed E-state index contributed by atoms with van der Waals surface area (Å²) < 4.78 is 53.5. The SMILES string of the molecule is CCCCCCCCCCCCOCCOC(=O)CC(C(=O)OCCOCCCCCCCCCCCC)S(=O)(=O)O.[NaH].[NaH]. The number of ether oxygens (including phenoxy) is 4. The molecule has 44 heavy (non-hydrogen) atoms. The fourth-order valence-corrected chi connectivity index (χ4v) is 5.27. The van der Waals surface area contributed by atoms with Crippen molar-refractivity contribution in [3.8, 4) is 0 Å². The minimum absolute atomic E-state index is 0. The van der Waals surface area contributed by atoms with Crippen LogP contribution in [0.4, 0.5) is 0 Å². The number of hydrogen-bond donors (Lipinski definition) is 1. The van der Waals surface area contributed by atoms with Crippen LogP contribution in [-0.4, -0.2) is 129 Å². The molecule has 0 heterocycles. The summed E-state index contributed by atoms with van der Waals surface area (Å²) in [5, 5.41) is -2.03. The van der Waals surface area contributed by atoms with Crippen molar-refractivity contribution in [3.05, 3.63) is 0 Å². The monoisotopic (exact) mass is 670 g/mol. The van der Waals surface area contributed by atoms with Gasteiger partial charge >= 0.3 is 71.1 Å². The molecule has 254 valence electrons. The van der Waals surface area contributed by atoms with Gasteiger partial charge in [0.25, 0.3) is 10.1 Å². The van der Waals surface area contributed by atoms with E-state index in [4.69, 9.17) is 18.9 Å². The number of carbonyl (C=O) groups excluding carboxylic acids is 2. The molecule has 0 aliphatic carbocycles. The van der Waals surface area contributed by atoms with Crippen LogP contribution in [0.15, 0.2) is 0 Å². The molecule has 12 heteroatoms. The second-order valence-electron chi connectivity index (χ2n) is 11.2. The summed E-state index contributed by atoms with van der Waals surface area (Å²) >= 11 is 0. The minimum atomic E-state index is -4.83. The van der Waals surface area contributed by atoms with Gasteiger partial charge < -0.3 is 18.9 Å². The Morgan fingerprint density at radius 1 is 0.523 bits per heavy atom. The number of carbonyl (C=O) groups is 2. The molecular weight excluding hydrogens is 606 g/mol. The van der Waals surface area contributed by atoms with E-state index in [9.17, 15) is 22.6 Å². The number of hydrogen-bond acceptors (Lipinski definition) is 8. The normalized spacial score (nSPS) is 11.8. The molecule has 0 aliphatic heterocycles. The summed E-state index contributed by atoms with van der Waals surface area (Å²) in [6, 6.07) is 0. The van der Waals surface area contributed by atoms with Crippen LogP contribution < -0.4 is 0 Å². The maximum atomic E-state index is 12.2. The molecule has 0 saturated heterocycles. The molecular formula is C32H64Na2O9S. The molecule has 1 N–H and O–H groups in total. The van der Waals surface area contributed by atoms with E-state index in [-0.39, 0.29) is 85.5 Å². The first kappa shape index (κ1) is 49.2. The van der Waals surface area contributed by atoms with Gasteiger partial charge in [0.05, 0.1) is 19.6 Å². The van der Waals surface area contributed by atoms with Gasteiger partial charge in [-0.1, -0.05) is 129 Å². The molecule has 0 aromatic carbocycles. The summed E-state index contributed by atoms with van der Waals surface area (Å²) in [7, 11) is -4.83. The Morgan fingerprint density at radius 2 is 0.864 bits per heavy atom. The van der Waals surface area contributed by atoms with Crippen molar-refractivity contribution in [2.24, 2.45) is 0 Å². The van der Waals surface area contributed by atoms with Crippen molar-refractivity contribution in [1.82, 2.24) is 0 Å². The maximum absolute atomic E-state index is 12.2. The van der Waals surface area contributed by atoms with Gasteiger partial charge in [-0.15, -0.1) is 0 Å². The summed E-state index contributed by atoms with van der Waals surface area (Å²) in [4.78, 5) is 24.2. The Bertz CT molecular complexity index is 739. The molecule has 0 aromatic rings. The molecule has 0 spiro atoms. The molecule has 0 aromatic heterocycles. The molecule has 0 amide bonds. The fraction of sp³-hybridized carbons (Fsp3) is 0.938. The number of unbranched alkanes of at least 4 members (excludes halogenated alkanes) is 18. The van der Waals surface area contributed by atoms with Crippen LogP contribution >= 0.6 is 0 Å². The van der Waals surface area contributed by atoms with E-state index < -0.39 is 33.7 Å². The predicted octanol–water partition coefficient (Wildman–Crippen LogP) is 6.30. The first-order valence-electron chi connectivity index (χ1n) is 16.8. The molecule has 0 radical (unpaired) electrons. The van der Waals surface area contributed by atoms with Gasteiger partial charge in [-0.3, -0.25) is 14.1 Å². The van der Waals surface area contributed by atoms with E-state index in [1.54, 1.807) is 0 Å². The van der Waals surface area contributed by atoms with E-state index in [0.717, 1.165) is 25.7 Å². The number of rotatable bonds is 32. The Balaban J connectivity index is -0.00000840. The zero-order chi connectivity index (χ0) is 31.2. The van der Waals surface area contributed by atoms with Gasteiger partial charge in [-0.2, -0.15) is 8.42 Å². The van der Waals surface area contributed by atoms with Crippen LogP contribution in [0.3, 0.4) is 0 Å². The zero-order valence-corrected chi connectivity index (χ0v) is 27.6. The summed E-state index contributed by atoms with van der Waals surface area (Å²) in [5.41, 5.74) is 0. The van der Waals surface area contributed by atoms with E-state index in [0.29, 0.717) is 13.2 Å². The molecule has 9 nitrogen and oxygen atoms in total. The quantitative estimate of drug-likeness (QED) is 0.0380. The van der Waals surface area contributed by atoms with Crippen molar-refractivity contribution < 1.29 is 41.5 Å². The van der Waals surface area contributed by atoms with Gasteiger partial charge in [-0.05, 0) is 12.8 Å². The zero-order valence-electron chi connectivity index (χ0n) is 26.8. The molecule has 0 aliphatic rings. The van der Waals surface area contributed by atoms with Crippen molar-refractivity contribution in [3.63, 3.8) is 0 Å². The average Bonchev–Trinajstić information content (AvgIpc) is 2.95. The van der Waals surface area contributed by atoms with Crippen LogP contribution in [0.2, 0.25) is 0 Å². The van der Waals surface area contributed by atoms with Crippen molar-refractivity contribution in [1.29, 1.82) is 0 Å². The summed E-state index contributed by atoms with van der Waals surface area (Å²) in [6.07, 6.45) is 23.7. The summed E-state index contributed by atoms with van der Waals surface area (Å²) in [6.45, 7) is 5.62. The fourth-order valence-electron chi connectivity index (χ4n) is 4.62. The third-order valence-electron chi connectivity index (χ3n) is 7.22. The van der Waals surface area contributed by atoms with E-state index in [1.165, 1.54) is 103 Å². The molecule has 0 rings (SSSR count). The van der Waals surface area contributed by atoms with Crippen LogP contribution in [0.1, 0.15) is 149 Å². The van der Waals surface area contributed by atoms with Gasteiger partial charge in [0, 0.05) is 13.2 Å². The Hall–Kier alpha value is 0.770. The Kier molecular flexibility index (Phi) is 40.9. The molecule has 0 fully saturated rings. The Morgan fingerprint density at radius 3 is 1.23 bits per heavy atom. The van der Waals surface area contributed by atoms with Crippen LogP contribution in [0, 0.1) is 0 Å². The van der Waals surface area contributed by atoms with Crippen LogP contribution in [-0.2, 0) is 38.7 Å². The van der Waals surface area contributed by atoms with Gasteiger partial charge in [-0.25, -0.2) is 0 Å². The van der Waals surface area contributed by atoms with Gasteiger partial charge in [0.1, 0.15) is 13.2 Å². The molecule has 1 atom stereocenters. The second kappa shape index (κ2) is 36.6. The predicted molar refractivity (Wildman–Crippen MR) is 181 cm³/mol. The van der Waals surface area contributed by atoms with Crippen LogP contribution in [0.25, 0.3) is 0 Å². The Labute approximate surface area is 313 Å². The molecule has 1 unspecified atom stereocenters. The average molecular weight is 671 g/mol. The first-order valence-corrected chi connectivity index (χ1v) is 18.3. The van der Waals surface area contributed by atoms with Gasteiger partial charge in [0.15, 0.2) is 5.25 Å².